The summed E-state index contributed by atoms with van der Waals surface area (Å²) in [7, 11) is 0. The van der Waals surface area contributed by atoms with E-state index < -0.39 is 29.8 Å². The first-order valence-corrected chi connectivity index (χ1v) is 15.3. The summed E-state index contributed by atoms with van der Waals surface area (Å²) in [5.74, 6) is -3.81. The van der Waals surface area contributed by atoms with Crippen LogP contribution in [-0.2, 0) is 14.4 Å². The Morgan fingerprint density at radius 1 is 0.700 bits per heavy atom. The molecular formula is C36H25N3O10S. The average Bonchev–Trinajstić information content (AvgIpc) is 3.52. The Morgan fingerprint density at radius 3 is 2.04 bits per heavy atom. The molecule has 5 rings (SSSR count). The van der Waals surface area contributed by atoms with Crippen molar-refractivity contribution >= 4 is 62.7 Å². The number of carbonyl (C=O) groups is 5. The quantitative estimate of drug-likeness (QED) is 0.0511. The summed E-state index contributed by atoms with van der Waals surface area (Å²) in [5, 5.41) is 4.74. The summed E-state index contributed by atoms with van der Waals surface area (Å²) in [6, 6.07) is 21.2. The number of carbonyl (C=O) groups excluding carboxylic acids is 5. The molecule has 0 unspecified atom stereocenters. The zero-order valence-electron chi connectivity index (χ0n) is 26.1. The lowest BCUT2D eigenvalue weighted by Gasteiger charge is -2.12. The maximum absolute atomic E-state index is 13.3. The number of para-hydroxylation sites is 1. The molecule has 0 saturated carbocycles. The summed E-state index contributed by atoms with van der Waals surface area (Å²) in [4.78, 5) is 65.5. The number of fused-ring (bicyclic) bond motifs is 1. The zero-order valence-corrected chi connectivity index (χ0v) is 26.9. The van der Waals surface area contributed by atoms with Crippen molar-refractivity contribution in [2.24, 2.45) is 5.10 Å². The van der Waals surface area contributed by atoms with E-state index in [1.165, 1.54) is 79.1 Å². The van der Waals surface area contributed by atoms with Crippen LogP contribution >= 0.6 is 11.3 Å². The standard InChI is InChI=1S/C36H25N3O10S/c1-4-32(41)47-29-16-12-23(19-30(29)48-33(42)5-2)35(44)49-28-17-15-26(46-34(43)22-10-13-25(14-11-22)45-21(3)40)18-24(28)20-37-39-36-38-27-8-6-7-9-31(27)50-36/h4-20H,1-2H2,3H3,(H,38,39)/b37-20+. The van der Waals surface area contributed by atoms with Gasteiger partial charge in [0.25, 0.3) is 0 Å². The molecule has 0 fully saturated rings. The average molecular weight is 692 g/mol. The van der Waals surface area contributed by atoms with E-state index in [2.05, 4.69) is 28.7 Å². The smallest absolute Gasteiger partial charge is 0.343 e. The molecule has 13 nitrogen and oxygen atoms in total. The van der Waals surface area contributed by atoms with Gasteiger partial charge < -0.3 is 23.7 Å². The van der Waals surface area contributed by atoms with Crippen LogP contribution in [0.15, 0.2) is 115 Å². The number of esters is 5. The summed E-state index contributed by atoms with van der Waals surface area (Å²) in [5.41, 5.74) is 3.95. The Morgan fingerprint density at radius 2 is 1.34 bits per heavy atom. The molecule has 250 valence electrons. The van der Waals surface area contributed by atoms with Crippen LogP contribution in [0.3, 0.4) is 0 Å². The third kappa shape index (κ3) is 8.90. The van der Waals surface area contributed by atoms with Crippen LogP contribution < -0.4 is 29.1 Å². The highest BCUT2D eigenvalue weighted by Gasteiger charge is 2.19. The second kappa shape index (κ2) is 15.8. The third-order valence-electron chi connectivity index (χ3n) is 6.34. The molecule has 5 aromatic rings. The largest absolute Gasteiger partial charge is 0.427 e. The van der Waals surface area contributed by atoms with Crippen molar-refractivity contribution in [2.75, 3.05) is 5.43 Å². The number of benzene rings is 4. The molecule has 0 aliphatic carbocycles. The SMILES string of the molecule is C=CC(=O)Oc1ccc(C(=O)Oc2ccc(OC(=O)c3ccc(OC(C)=O)cc3)cc2/C=N/Nc2nc3ccccc3s2)cc1OC(=O)C=C. The maximum Gasteiger partial charge on any atom is 0.343 e. The van der Waals surface area contributed by atoms with Gasteiger partial charge in [-0.05, 0) is 72.8 Å². The lowest BCUT2D eigenvalue weighted by atomic mass is 10.1. The minimum Gasteiger partial charge on any atom is -0.427 e. The predicted molar refractivity (Wildman–Crippen MR) is 183 cm³/mol. The molecule has 1 heterocycles. The lowest BCUT2D eigenvalue weighted by molar-refractivity contribution is -0.132. The number of rotatable bonds is 12. The number of hydrazone groups is 1. The monoisotopic (exact) mass is 691 g/mol. The summed E-state index contributed by atoms with van der Waals surface area (Å²) in [6.07, 6.45) is 3.15. The topological polar surface area (TPSA) is 169 Å². The number of nitrogens with zero attached hydrogens (tertiary/aromatic N) is 2. The Bertz CT molecular complexity index is 2140. The van der Waals surface area contributed by atoms with Gasteiger partial charge in [0.1, 0.15) is 17.2 Å². The number of thiazole rings is 1. The Kier molecular flexibility index (Phi) is 10.9. The first-order valence-electron chi connectivity index (χ1n) is 14.5. The van der Waals surface area contributed by atoms with Crippen molar-refractivity contribution < 1.29 is 47.7 Å². The molecule has 1 aromatic heterocycles. The normalized spacial score (nSPS) is 10.6. The molecule has 0 radical (unpaired) electrons. The fourth-order valence-electron chi connectivity index (χ4n) is 4.11. The van der Waals surface area contributed by atoms with Gasteiger partial charge in [0, 0.05) is 24.6 Å². The predicted octanol–water partition coefficient (Wildman–Crippen LogP) is 6.29. The fourth-order valence-corrected chi connectivity index (χ4v) is 4.93. The van der Waals surface area contributed by atoms with Gasteiger partial charge in [-0.2, -0.15) is 5.10 Å². The third-order valence-corrected chi connectivity index (χ3v) is 7.28. The molecule has 0 saturated heterocycles. The Hall–Kier alpha value is -6.93. The van der Waals surface area contributed by atoms with Crippen LogP contribution in [0.2, 0.25) is 0 Å². The molecule has 0 aliphatic heterocycles. The van der Waals surface area contributed by atoms with E-state index in [0.717, 1.165) is 28.4 Å². The minimum atomic E-state index is -0.881. The van der Waals surface area contributed by atoms with Gasteiger partial charge in [-0.3, -0.25) is 10.2 Å². The van der Waals surface area contributed by atoms with E-state index in [1.54, 1.807) is 0 Å². The first-order chi connectivity index (χ1) is 24.1. The number of ether oxygens (including phenoxy) is 5. The van der Waals surface area contributed by atoms with Gasteiger partial charge in [-0.25, -0.2) is 24.2 Å². The van der Waals surface area contributed by atoms with Gasteiger partial charge >= 0.3 is 29.8 Å². The minimum absolute atomic E-state index is 0.0159. The van der Waals surface area contributed by atoms with Crippen molar-refractivity contribution in [3.8, 4) is 28.7 Å². The van der Waals surface area contributed by atoms with Crippen LogP contribution in [0.4, 0.5) is 5.13 Å². The van der Waals surface area contributed by atoms with Crippen LogP contribution in [0.1, 0.15) is 33.2 Å². The number of anilines is 1. The number of hydrogen-bond donors (Lipinski definition) is 1. The Labute approximate surface area is 288 Å². The maximum atomic E-state index is 13.3. The molecule has 50 heavy (non-hydrogen) atoms. The van der Waals surface area contributed by atoms with Crippen molar-refractivity contribution in [2.45, 2.75) is 6.92 Å². The molecule has 4 aromatic carbocycles. The second-order valence-electron chi connectivity index (χ2n) is 9.87. The number of aromatic nitrogens is 1. The van der Waals surface area contributed by atoms with Gasteiger partial charge in [-0.15, -0.1) is 0 Å². The molecule has 14 heteroatoms. The number of nitrogens with one attached hydrogen (secondary N) is 1. The fraction of sp³-hybridized carbons (Fsp3) is 0.0278. The van der Waals surface area contributed by atoms with Crippen molar-refractivity contribution in [1.82, 2.24) is 4.98 Å². The highest BCUT2D eigenvalue weighted by atomic mass is 32.1. The van der Waals surface area contributed by atoms with Crippen LogP contribution in [0.5, 0.6) is 28.7 Å². The van der Waals surface area contributed by atoms with Gasteiger partial charge in [-0.1, -0.05) is 36.6 Å². The molecular weight excluding hydrogens is 666 g/mol. The number of hydrogen-bond acceptors (Lipinski definition) is 14. The van der Waals surface area contributed by atoms with Gasteiger partial charge in [0.05, 0.1) is 27.6 Å². The highest BCUT2D eigenvalue weighted by molar-refractivity contribution is 7.22. The van der Waals surface area contributed by atoms with E-state index >= 15 is 0 Å². The van der Waals surface area contributed by atoms with Gasteiger partial charge in [0.15, 0.2) is 11.5 Å². The van der Waals surface area contributed by atoms with Crippen molar-refractivity contribution in [3.63, 3.8) is 0 Å². The second-order valence-corrected chi connectivity index (χ2v) is 10.9. The summed E-state index contributed by atoms with van der Waals surface area (Å²) >= 11 is 1.37. The van der Waals surface area contributed by atoms with Crippen LogP contribution in [0.25, 0.3) is 10.2 Å². The van der Waals surface area contributed by atoms with Crippen LogP contribution in [-0.4, -0.2) is 41.0 Å². The first kappa shape index (κ1) is 34.4. The molecule has 0 spiro atoms. The van der Waals surface area contributed by atoms with Crippen LogP contribution in [0, 0.1) is 0 Å². The molecule has 0 amide bonds. The summed E-state index contributed by atoms with van der Waals surface area (Å²) < 4.78 is 27.4. The zero-order chi connectivity index (χ0) is 35.6. The van der Waals surface area contributed by atoms with Crippen molar-refractivity contribution in [3.05, 3.63) is 127 Å². The molecule has 0 atom stereocenters. The van der Waals surface area contributed by atoms with E-state index in [0.29, 0.717) is 5.13 Å². The lowest BCUT2D eigenvalue weighted by Crippen LogP contribution is -2.13. The highest BCUT2D eigenvalue weighted by Crippen LogP contribution is 2.31. The molecule has 1 N–H and O–H groups in total. The van der Waals surface area contributed by atoms with Gasteiger partial charge in [0.2, 0.25) is 5.13 Å². The van der Waals surface area contributed by atoms with E-state index in [9.17, 15) is 24.0 Å². The molecule has 0 bridgehead atoms. The molecule has 0 aliphatic rings. The summed E-state index contributed by atoms with van der Waals surface area (Å²) in [6.45, 7) is 7.93. The van der Waals surface area contributed by atoms with E-state index in [-0.39, 0.29) is 45.4 Å². The van der Waals surface area contributed by atoms with E-state index in [1.807, 2.05) is 24.3 Å². The Balaban J connectivity index is 1.41. The van der Waals surface area contributed by atoms with E-state index in [4.69, 9.17) is 23.7 Å². The van der Waals surface area contributed by atoms with Crippen molar-refractivity contribution in [1.29, 1.82) is 0 Å².